The molecule has 0 aromatic heterocycles. The summed E-state index contributed by atoms with van der Waals surface area (Å²) in [7, 11) is -3.14. The summed E-state index contributed by atoms with van der Waals surface area (Å²) in [5.41, 5.74) is 0. The molecular weight excluding hydrogens is 288 g/mol. The lowest BCUT2D eigenvalue weighted by atomic mass is 10.1. The summed E-state index contributed by atoms with van der Waals surface area (Å²) >= 11 is 0. The molecule has 0 aromatic carbocycles. The first-order valence-corrected chi connectivity index (χ1v) is 8.25. The van der Waals surface area contributed by atoms with Gasteiger partial charge in [0, 0.05) is 32.0 Å². The van der Waals surface area contributed by atoms with E-state index in [0.29, 0.717) is 6.54 Å². The Hall–Kier alpha value is -1.19. The number of nitrogens with one attached hydrogen (secondary N) is 1. The number of carbonyl (C=O) groups is 2. The zero-order valence-corrected chi connectivity index (χ0v) is 11.7. The molecule has 2 unspecified atom stereocenters. The van der Waals surface area contributed by atoms with Crippen LogP contribution >= 0.6 is 0 Å². The van der Waals surface area contributed by atoms with Gasteiger partial charge in [-0.1, -0.05) is 0 Å². The number of rotatable bonds is 3. The number of likely N-dealkylation sites (tertiary alicyclic amines) is 1. The van der Waals surface area contributed by atoms with Gasteiger partial charge in [0.05, 0.1) is 17.6 Å². The van der Waals surface area contributed by atoms with E-state index < -0.39 is 39.9 Å². The number of aliphatic hydroxyl groups excluding tert-OH is 1. The van der Waals surface area contributed by atoms with E-state index in [1.165, 1.54) is 0 Å². The maximum absolute atomic E-state index is 12.1. The molecule has 0 aliphatic carbocycles. The molecule has 0 saturated carbocycles. The minimum Gasteiger partial charge on any atom is -0.480 e. The fourth-order valence-corrected chi connectivity index (χ4v) is 4.09. The topological polar surface area (TPSA) is 124 Å². The highest BCUT2D eigenvalue weighted by atomic mass is 32.2. The first kappa shape index (κ1) is 15.2. The van der Waals surface area contributed by atoms with E-state index in [2.05, 4.69) is 5.32 Å². The number of β-amino-alcohol motifs (C(OH)–C–C–N with tert-alkyl or cyclic N) is 1. The highest BCUT2D eigenvalue weighted by Crippen LogP contribution is 2.20. The van der Waals surface area contributed by atoms with Gasteiger partial charge >= 0.3 is 5.97 Å². The van der Waals surface area contributed by atoms with Crippen LogP contribution in [0.4, 0.5) is 0 Å². The van der Waals surface area contributed by atoms with Crippen molar-refractivity contribution in [3.63, 3.8) is 0 Å². The van der Waals surface area contributed by atoms with Gasteiger partial charge in [-0.05, 0) is 0 Å². The highest BCUT2D eigenvalue weighted by Gasteiger charge is 2.39. The Bertz CT molecular complexity index is 505. The van der Waals surface area contributed by atoms with Gasteiger partial charge in [0.15, 0.2) is 9.84 Å². The summed E-state index contributed by atoms with van der Waals surface area (Å²) in [4.78, 5) is 24.3. The lowest BCUT2D eigenvalue weighted by Gasteiger charge is -2.27. The minimum absolute atomic E-state index is 0.0114. The van der Waals surface area contributed by atoms with Crippen molar-refractivity contribution >= 4 is 21.7 Å². The second-order valence-corrected chi connectivity index (χ2v) is 7.49. The predicted octanol–water partition coefficient (Wildman–Crippen LogP) is -2.19. The van der Waals surface area contributed by atoms with Gasteiger partial charge in [-0.25, -0.2) is 13.2 Å². The molecule has 2 aliphatic rings. The van der Waals surface area contributed by atoms with Gasteiger partial charge in [-0.2, -0.15) is 0 Å². The van der Waals surface area contributed by atoms with Crippen molar-refractivity contribution in [3.8, 4) is 0 Å². The van der Waals surface area contributed by atoms with Crippen molar-refractivity contribution in [2.75, 3.05) is 24.6 Å². The van der Waals surface area contributed by atoms with E-state index in [1.54, 1.807) is 0 Å². The SMILES string of the molecule is O=C(O)[C@@H]1CC(O)CN1C(=O)CC1CS(=O)(=O)CCN1. The second kappa shape index (κ2) is 5.66. The Labute approximate surface area is 116 Å². The fraction of sp³-hybridized carbons (Fsp3) is 0.818. The van der Waals surface area contributed by atoms with Crippen molar-refractivity contribution in [3.05, 3.63) is 0 Å². The van der Waals surface area contributed by atoms with Crippen molar-refractivity contribution < 1.29 is 28.2 Å². The van der Waals surface area contributed by atoms with E-state index in [4.69, 9.17) is 5.11 Å². The molecule has 1 amide bonds. The molecule has 0 aromatic rings. The Balaban J connectivity index is 1.99. The maximum atomic E-state index is 12.1. The molecule has 3 atom stereocenters. The Morgan fingerprint density at radius 2 is 2.05 bits per heavy atom. The number of nitrogens with zero attached hydrogens (tertiary/aromatic N) is 1. The molecule has 20 heavy (non-hydrogen) atoms. The average Bonchev–Trinajstić information content (AvgIpc) is 2.70. The zero-order valence-electron chi connectivity index (χ0n) is 10.9. The van der Waals surface area contributed by atoms with E-state index in [9.17, 15) is 23.1 Å². The standard InChI is InChI=1S/C11H18N2O6S/c14-8-4-9(11(16)17)13(5-8)10(15)3-7-6-20(18,19)2-1-12-7/h7-9,12,14H,1-6H2,(H,16,17)/t7?,8?,9-/m0/s1. The monoisotopic (exact) mass is 306 g/mol. The minimum atomic E-state index is -3.14. The Morgan fingerprint density at radius 3 is 2.65 bits per heavy atom. The third kappa shape index (κ3) is 3.47. The molecule has 8 nitrogen and oxygen atoms in total. The summed E-state index contributed by atoms with van der Waals surface area (Å²) in [6.45, 7) is 0.278. The van der Waals surface area contributed by atoms with E-state index in [1.807, 2.05) is 0 Å². The van der Waals surface area contributed by atoms with Crippen molar-refractivity contribution in [2.45, 2.75) is 31.0 Å². The number of carboxylic acids is 1. The number of amides is 1. The predicted molar refractivity (Wildman–Crippen MR) is 68.8 cm³/mol. The van der Waals surface area contributed by atoms with E-state index in [-0.39, 0.29) is 30.9 Å². The number of carbonyl (C=O) groups excluding carboxylic acids is 1. The van der Waals surface area contributed by atoms with Gasteiger partial charge in [-0.15, -0.1) is 0 Å². The molecule has 3 N–H and O–H groups in total. The van der Waals surface area contributed by atoms with Crippen molar-refractivity contribution in [2.24, 2.45) is 0 Å². The third-order valence-corrected chi connectivity index (χ3v) is 5.34. The van der Waals surface area contributed by atoms with Crippen molar-refractivity contribution in [1.82, 2.24) is 10.2 Å². The number of aliphatic carboxylic acids is 1. The average molecular weight is 306 g/mol. The van der Waals surface area contributed by atoms with Crippen LogP contribution < -0.4 is 5.32 Å². The van der Waals surface area contributed by atoms with Gasteiger partial charge in [0.2, 0.25) is 5.91 Å². The fourth-order valence-electron chi connectivity index (χ4n) is 2.65. The number of hydrogen-bond acceptors (Lipinski definition) is 6. The summed E-state index contributed by atoms with van der Waals surface area (Å²) < 4.78 is 23.0. The summed E-state index contributed by atoms with van der Waals surface area (Å²) in [6.07, 6.45) is -0.907. The molecule has 0 radical (unpaired) electrons. The number of hydrogen-bond donors (Lipinski definition) is 3. The lowest BCUT2D eigenvalue weighted by molar-refractivity contribution is -0.148. The Morgan fingerprint density at radius 1 is 1.35 bits per heavy atom. The Kier molecular flexibility index (Phi) is 4.31. The molecule has 2 aliphatic heterocycles. The van der Waals surface area contributed by atoms with Crippen LogP contribution in [0.3, 0.4) is 0 Å². The van der Waals surface area contributed by atoms with Gasteiger partial charge < -0.3 is 20.4 Å². The lowest BCUT2D eigenvalue weighted by Crippen LogP contribution is -2.49. The molecule has 2 rings (SSSR count). The van der Waals surface area contributed by atoms with Crippen LogP contribution in [0.1, 0.15) is 12.8 Å². The van der Waals surface area contributed by atoms with Gasteiger partial charge in [0.25, 0.3) is 0 Å². The summed E-state index contributed by atoms with van der Waals surface area (Å²) in [5, 5.41) is 21.5. The van der Waals surface area contributed by atoms with Crippen molar-refractivity contribution in [1.29, 1.82) is 0 Å². The first-order valence-electron chi connectivity index (χ1n) is 6.42. The van der Waals surface area contributed by atoms with Gasteiger partial charge in [-0.3, -0.25) is 4.79 Å². The molecule has 0 bridgehead atoms. The molecular formula is C11H18N2O6S. The molecule has 2 heterocycles. The van der Waals surface area contributed by atoms with Crippen LogP contribution in [-0.2, 0) is 19.4 Å². The van der Waals surface area contributed by atoms with Crippen LogP contribution in [0.2, 0.25) is 0 Å². The maximum Gasteiger partial charge on any atom is 0.326 e. The van der Waals surface area contributed by atoms with Crippen LogP contribution in [-0.4, -0.2) is 78.2 Å². The highest BCUT2D eigenvalue weighted by molar-refractivity contribution is 7.91. The normalized spacial score (nSPS) is 33.0. The third-order valence-electron chi connectivity index (χ3n) is 3.61. The molecule has 2 fully saturated rings. The molecule has 2 saturated heterocycles. The quantitative estimate of drug-likeness (QED) is 0.541. The smallest absolute Gasteiger partial charge is 0.326 e. The molecule has 0 spiro atoms. The van der Waals surface area contributed by atoms with Gasteiger partial charge in [0.1, 0.15) is 6.04 Å². The van der Waals surface area contributed by atoms with E-state index >= 15 is 0 Å². The zero-order chi connectivity index (χ0) is 14.9. The number of sulfone groups is 1. The van der Waals surface area contributed by atoms with Crippen LogP contribution in [0.5, 0.6) is 0 Å². The van der Waals surface area contributed by atoms with Crippen LogP contribution in [0, 0.1) is 0 Å². The number of carboxylic acid groups (broad SMARTS) is 1. The summed E-state index contributed by atoms with van der Waals surface area (Å²) in [6, 6.07) is -1.52. The number of aliphatic hydroxyl groups is 1. The summed E-state index contributed by atoms with van der Waals surface area (Å²) in [5.74, 6) is -1.66. The second-order valence-electron chi connectivity index (χ2n) is 5.26. The molecule has 9 heteroatoms. The van der Waals surface area contributed by atoms with Crippen LogP contribution in [0.15, 0.2) is 0 Å². The molecule has 114 valence electrons. The van der Waals surface area contributed by atoms with E-state index in [0.717, 1.165) is 4.90 Å². The van der Waals surface area contributed by atoms with Crippen LogP contribution in [0.25, 0.3) is 0 Å². The largest absolute Gasteiger partial charge is 0.480 e. The first-order chi connectivity index (χ1) is 9.28.